The summed E-state index contributed by atoms with van der Waals surface area (Å²) in [4.78, 5) is 30.5. The zero-order valence-electron chi connectivity index (χ0n) is 25.2. The molecule has 0 bridgehead atoms. The maximum atomic E-state index is 13.0. The maximum Gasteiger partial charge on any atom is 0.319 e. The van der Waals surface area contributed by atoms with E-state index in [9.17, 15) is 9.59 Å². The minimum absolute atomic E-state index is 0.200. The summed E-state index contributed by atoms with van der Waals surface area (Å²) >= 11 is 0. The summed E-state index contributed by atoms with van der Waals surface area (Å²) in [5.74, 6) is 0.559. The summed E-state index contributed by atoms with van der Waals surface area (Å²) in [7, 11) is 0. The molecule has 0 aromatic heterocycles. The first-order chi connectivity index (χ1) is 22.6. The standard InChI is InChI=1S/C37H35N3O6/c41-34(40-46-27-31-19-11-4-12-20-31)23-38-37(42)39-32-21-22-33(43-24-28-13-5-1-6-14-28)36(45-26-30-17-9-3-10-18-30)35(32)44-25-29-15-7-2-8-16-29/h1-22H,23-27H2,(H,40,41)(H2,38,39,42). The smallest absolute Gasteiger partial charge is 0.319 e. The van der Waals surface area contributed by atoms with Crippen LogP contribution in [0.3, 0.4) is 0 Å². The Kier molecular flexibility index (Phi) is 11.6. The summed E-state index contributed by atoms with van der Waals surface area (Å²) in [6, 6.07) is 41.4. The van der Waals surface area contributed by atoms with E-state index in [1.54, 1.807) is 12.1 Å². The molecule has 0 heterocycles. The lowest BCUT2D eigenvalue weighted by Crippen LogP contribution is -2.38. The Bertz CT molecular complexity index is 1670. The SMILES string of the molecule is O=C(CNC(=O)Nc1ccc(OCc2ccccc2)c(OCc2ccccc2)c1OCc1ccccc1)NOCc1ccccc1. The van der Waals surface area contributed by atoms with Gasteiger partial charge < -0.3 is 24.8 Å². The highest BCUT2D eigenvalue weighted by Gasteiger charge is 2.21. The Morgan fingerprint density at radius 2 is 0.957 bits per heavy atom. The molecule has 9 nitrogen and oxygen atoms in total. The van der Waals surface area contributed by atoms with Crippen LogP contribution in [-0.4, -0.2) is 18.5 Å². The molecule has 0 radical (unpaired) electrons. The van der Waals surface area contributed by atoms with E-state index in [1.807, 2.05) is 121 Å². The summed E-state index contributed by atoms with van der Waals surface area (Å²) in [5, 5.41) is 5.34. The molecule has 0 aliphatic carbocycles. The summed E-state index contributed by atoms with van der Waals surface area (Å²) in [6.45, 7) is 0.641. The highest BCUT2D eigenvalue weighted by molar-refractivity contribution is 5.94. The van der Waals surface area contributed by atoms with Gasteiger partial charge in [0.1, 0.15) is 26.4 Å². The zero-order valence-corrected chi connectivity index (χ0v) is 25.2. The van der Waals surface area contributed by atoms with Crippen molar-refractivity contribution in [2.24, 2.45) is 0 Å². The van der Waals surface area contributed by atoms with Crippen molar-refractivity contribution in [3.8, 4) is 17.2 Å². The number of urea groups is 1. The van der Waals surface area contributed by atoms with Crippen LogP contribution in [0.1, 0.15) is 22.3 Å². The van der Waals surface area contributed by atoms with Crippen molar-refractivity contribution < 1.29 is 28.6 Å². The van der Waals surface area contributed by atoms with Crippen molar-refractivity contribution in [1.82, 2.24) is 10.8 Å². The van der Waals surface area contributed by atoms with E-state index in [2.05, 4.69) is 16.1 Å². The van der Waals surface area contributed by atoms with Crippen LogP contribution in [0.2, 0.25) is 0 Å². The van der Waals surface area contributed by atoms with Crippen LogP contribution in [0, 0.1) is 0 Å². The van der Waals surface area contributed by atoms with E-state index in [4.69, 9.17) is 19.0 Å². The predicted octanol–water partition coefficient (Wildman–Crippen LogP) is 6.79. The molecule has 0 saturated carbocycles. The third-order valence-electron chi connectivity index (χ3n) is 6.69. The molecule has 46 heavy (non-hydrogen) atoms. The number of rotatable bonds is 15. The topological polar surface area (TPSA) is 107 Å². The molecule has 5 aromatic carbocycles. The van der Waals surface area contributed by atoms with Crippen molar-refractivity contribution in [1.29, 1.82) is 0 Å². The Morgan fingerprint density at radius 3 is 1.48 bits per heavy atom. The van der Waals surface area contributed by atoms with Crippen LogP contribution in [0.4, 0.5) is 10.5 Å². The molecule has 3 amide bonds. The lowest BCUT2D eigenvalue weighted by atomic mass is 10.2. The summed E-state index contributed by atoms with van der Waals surface area (Å²) in [6.07, 6.45) is 0. The molecule has 0 aliphatic heterocycles. The average molecular weight is 618 g/mol. The summed E-state index contributed by atoms with van der Waals surface area (Å²) in [5.41, 5.74) is 6.43. The van der Waals surface area contributed by atoms with E-state index < -0.39 is 11.9 Å². The van der Waals surface area contributed by atoms with Gasteiger partial charge in [-0.1, -0.05) is 121 Å². The predicted molar refractivity (Wildman–Crippen MR) is 175 cm³/mol. The van der Waals surface area contributed by atoms with E-state index >= 15 is 0 Å². The first kappa shape index (κ1) is 31.6. The van der Waals surface area contributed by atoms with Gasteiger partial charge >= 0.3 is 6.03 Å². The number of anilines is 1. The number of amides is 3. The average Bonchev–Trinajstić information content (AvgIpc) is 3.10. The maximum absolute atomic E-state index is 13.0. The van der Waals surface area contributed by atoms with Crippen LogP contribution >= 0.6 is 0 Å². The molecule has 3 N–H and O–H groups in total. The molecule has 0 fully saturated rings. The molecule has 234 valence electrons. The van der Waals surface area contributed by atoms with Gasteiger partial charge in [0.2, 0.25) is 5.75 Å². The van der Waals surface area contributed by atoms with Gasteiger partial charge in [-0.3, -0.25) is 9.63 Å². The molecule has 0 atom stereocenters. The zero-order chi connectivity index (χ0) is 31.8. The molecule has 5 aromatic rings. The highest BCUT2D eigenvalue weighted by Crippen LogP contribution is 2.44. The fraction of sp³-hybridized carbons (Fsp3) is 0.135. The lowest BCUT2D eigenvalue weighted by molar-refractivity contribution is -0.133. The number of carbonyl (C=O) groups excluding carboxylic acids is 2. The molecule has 0 saturated heterocycles. The van der Waals surface area contributed by atoms with Gasteiger partial charge in [0, 0.05) is 0 Å². The van der Waals surface area contributed by atoms with E-state index in [-0.39, 0.29) is 32.1 Å². The second kappa shape index (κ2) is 16.9. The lowest BCUT2D eigenvalue weighted by Gasteiger charge is -2.20. The van der Waals surface area contributed by atoms with Gasteiger partial charge in [0.05, 0.1) is 12.3 Å². The second-order valence-electron chi connectivity index (χ2n) is 10.2. The number of hydrogen-bond acceptors (Lipinski definition) is 6. The number of ether oxygens (including phenoxy) is 3. The minimum Gasteiger partial charge on any atom is -0.485 e. The monoisotopic (exact) mass is 617 g/mol. The van der Waals surface area contributed by atoms with Crippen molar-refractivity contribution in [3.63, 3.8) is 0 Å². The normalized spacial score (nSPS) is 10.4. The van der Waals surface area contributed by atoms with Crippen LogP contribution in [-0.2, 0) is 36.1 Å². The Hall–Kier alpha value is -5.80. The van der Waals surface area contributed by atoms with Gasteiger partial charge in [-0.05, 0) is 34.4 Å². The van der Waals surface area contributed by atoms with E-state index in [0.717, 1.165) is 22.3 Å². The summed E-state index contributed by atoms with van der Waals surface area (Å²) < 4.78 is 18.9. The van der Waals surface area contributed by atoms with Gasteiger partial charge in [-0.15, -0.1) is 0 Å². The number of nitrogens with one attached hydrogen (secondary N) is 3. The minimum atomic E-state index is -0.616. The van der Waals surface area contributed by atoms with Crippen LogP contribution in [0.15, 0.2) is 133 Å². The Morgan fingerprint density at radius 1 is 0.500 bits per heavy atom. The first-order valence-corrected chi connectivity index (χ1v) is 14.8. The third kappa shape index (κ3) is 9.87. The number of benzene rings is 5. The second-order valence-corrected chi connectivity index (χ2v) is 10.2. The number of hydroxylamine groups is 1. The third-order valence-corrected chi connectivity index (χ3v) is 6.69. The Balaban J connectivity index is 1.32. The van der Waals surface area contributed by atoms with Crippen molar-refractivity contribution >= 4 is 17.6 Å². The van der Waals surface area contributed by atoms with Crippen molar-refractivity contribution in [2.75, 3.05) is 11.9 Å². The molecule has 5 rings (SSSR count). The van der Waals surface area contributed by atoms with E-state index in [0.29, 0.717) is 23.8 Å². The first-order valence-electron chi connectivity index (χ1n) is 14.8. The van der Waals surface area contributed by atoms with Crippen molar-refractivity contribution in [2.45, 2.75) is 26.4 Å². The fourth-order valence-electron chi connectivity index (χ4n) is 4.37. The fourth-order valence-corrected chi connectivity index (χ4v) is 4.37. The van der Waals surface area contributed by atoms with Gasteiger partial charge in [-0.25, -0.2) is 10.3 Å². The van der Waals surface area contributed by atoms with Gasteiger partial charge in [0.15, 0.2) is 11.5 Å². The van der Waals surface area contributed by atoms with Crippen LogP contribution < -0.4 is 30.3 Å². The molecule has 0 unspecified atom stereocenters. The molecular formula is C37H35N3O6. The van der Waals surface area contributed by atoms with Crippen molar-refractivity contribution in [3.05, 3.63) is 156 Å². The van der Waals surface area contributed by atoms with E-state index in [1.165, 1.54) is 0 Å². The van der Waals surface area contributed by atoms with Gasteiger partial charge in [0.25, 0.3) is 5.91 Å². The van der Waals surface area contributed by atoms with Crippen LogP contribution in [0.25, 0.3) is 0 Å². The number of hydrogen-bond donors (Lipinski definition) is 3. The van der Waals surface area contributed by atoms with Crippen LogP contribution in [0.5, 0.6) is 17.2 Å². The molecule has 9 heteroatoms. The highest BCUT2D eigenvalue weighted by atomic mass is 16.6. The molecule has 0 aliphatic rings. The Labute approximate surface area is 268 Å². The largest absolute Gasteiger partial charge is 0.485 e. The molecule has 0 spiro atoms. The molecular weight excluding hydrogens is 582 g/mol. The van der Waals surface area contributed by atoms with Gasteiger partial charge in [-0.2, -0.15) is 0 Å². The number of carbonyl (C=O) groups is 2. The quantitative estimate of drug-likeness (QED) is 0.112.